The fourth-order valence-corrected chi connectivity index (χ4v) is 2.05. The van der Waals surface area contributed by atoms with Crippen LogP contribution in [0.4, 0.5) is 5.69 Å². The van der Waals surface area contributed by atoms with Crippen LogP contribution in [0.3, 0.4) is 0 Å². The van der Waals surface area contributed by atoms with Gasteiger partial charge in [0.05, 0.1) is 12.6 Å². The van der Waals surface area contributed by atoms with Crippen molar-refractivity contribution in [3.05, 3.63) is 29.3 Å². The lowest BCUT2D eigenvalue weighted by molar-refractivity contribution is 0.0710. The summed E-state index contributed by atoms with van der Waals surface area (Å²) >= 11 is 0. The Morgan fingerprint density at radius 1 is 1.50 bits per heavy atom. The predicted octanol–water partition coefficient (Wildman–Crippen LogP) is 1.86. The largest absolute Gasteiger partial charge is 0.399 e. The number of amides is 1. The monoisotopic (exact) mass is 270 g/mol. The van der Waals surface area contributed by atoms with Crippen molar-refractivity contribution in [3.63, 3.8) is 0 Å². The van der Waals surface area contributed by atoms with Gasteiger partial charge in [0, 0.05) is 24.9 Å². The van der Waals surface area contributed by atoms with Gasteiger partial charge >= 0.3 is 0 Å². The molecule has 1 atom stereocenters. The lowest BCUT2D eigenvalue weighted by atomic mass is 10.1. The molecule has 18 heavy (non-hydrogen) atoms. The molecule has 1 amide bonds. The van der Waals surface area contributed by atoms with Crippen LogP contribution in [-0.4, -0.2) is 37.1 Å². The van der Waals surface area contributed by atoms with Crippen LogP contribution in [0.15, 0.2) is 18.2 Å². The maximum Gasteiger partial charge on any atom is 0.254 e. The number of rotatable bonds is 2. The first-order valence-corrected chi connectivity index (χ1v) is 5.80. The molecule has 2 N–H and O–H groups in total. The van der Waals surface area contributed by atoms with Gasteiger partial charge in [-0.2, -0.15) is 0 Å². The summed E-state index contributed by atoms with van der Waals surface area (Å²) < 4.78 is 5.30. The SMILES string of the molecule is Cc1ccc(N)cc1C(=O)N(C)C1CCOC1.Cl. The number of nitrogen functional groups attached to an aromatic ring is 1. The minimum atomic E-state index is 0. The summed E-state index contributed by atoms with van der Waals surface area (Å²) in [4.78, 5) is 14.1. The van der Waals surface area contributed by atoms with Gasteiger partial charge in [-0.25, -0.2) is 0 Å². The van der Waals surface area contributed by atoms with Gasteiger partial charge < -0.3 is 15.4 Å². The molecule has 5 heteroatoms. The van der Waals surface area contributed by atoms with Crippen molar-refractivity contribution in [2.75, 3.05) is 26.0 Å². The molecule has 1 aromatic carbocycles. The van der Waals surface area contributed by atoms with E-state index in [1.54, 1.807) is 11.0 Å². The van der Waals surface area contributed by atoms with E-state index >= 15 is 0 Å². The Labute approximate surface area is 114 Å². The van der Waals surface area contributed by atoms with Crippen molar-refractivity contribution in [1.82, 2.24) is 4.90 Å². The number of nitrogens with two attached hydrogens (primary N) is 1. The molecule has 1 fully saturated rings. The number of anilines is 1. The first kappa shape index (κ1) is 14.8. The van der Waals surface area contributed by atoms with Crippen LogP contribution < -0.4 is 5.73 Å². The summed E-state index contributed by atoms with van der Waals surface area (Å²) in [6.07, 6.45) is 0.906. The van der Waals surface area contributed by atoms with E-state index in [4.69, 9.17) is 10.5 Å². The molecule has 0 saturated carbocycles. The zero-order valence-electron chi connectivity index (χ0n) is 10.7. The Morgan fingerprint density at radius 3 is 2.83 bits per heavy atom. The minimum absolute atomic E-state index is 0. The summed E-state index contributed by atoms with van der Waals surface area (Å²) in [5.74, 6) is 0.0188. The molecule has 2 rings (SSSR count). The zero-order valence-corrected chi connectivity index (χ0v) is 11.5. The number of hydrogen-bond donors (Lipinski definition) is 1. The van der Waals surface area contributed by atoms with Crippen LogP contribution in [0.1, 0.15) is 22.3 Å². The molecule has 1 aliphatic rings. The Bertz CT molecular complexity index is 431. The van der Waals surface area contributed by atoms with Crippen molar-refractivity contribution in [2.45, 2.75) is 19.4 Å². The fourth-order valence-electron chi connectivity index (χ4n) is 2.05. The molecule has 0 aliphatic carbocycles. The normalized spacial score (nSPS) is 18.2. The van der Waals surface area contributed by atoms with Crippen LogP contribution in [0, 0.1) is 6.92 Å². The van der Waals surface area contributed by atoms with Crippen LogP contribution in [0.5, 0.6) is 0 Å². The number of nitrogens with zero attached hydrogens (tertiary/aromatic N) is 1. The third kappa shape index (κ3) is 2.94. The number of ether oxygens (including phenoxy) is 1. The highest BCUT2D eigenvalue weighted by atomic mass is 35.5. The van der Waals surface area contributed by atoms with Crippen LogP contribution >= 0.6 is 12.4 Å². The van der Waals surface area contributed by atoms with Gasteiger partial charge in [-0.15, -0.1) is 12.4 Å². The third-order valence-corrected chi connectivity index (χ3v) is 3.27. The van der Waals surface area contributed by atoms with Gasteiger partial charge in [0.15, 0.2) is 0 Å². The Hall–Kier alpha value is -1.26. The van der Waals surface area contributed by atoms with E-state index in [1.807, 2.05) is 26.1 Å². The number of carbonyl (C=O) groups is 1. The van der Waals surface area contributed by atoms with Crippen molar-refractivity contribution < 1.29 is 9.53 Å². The third-order valence-electron chi connectivity index (χ3n) is 3.27. The highest BCUT2D eigenvalue weighted by Crippen LogP contribution is 2.18. The maximum atomic E-state index is 12.3. The lowest BCUT2D eigenvalue weighted by Crippen LogP contribution is -2.37. The second-order valence-corrected chi connectivity index (χ2v) is 4.51. The number of aryl methyl sites for hydroxylation is 1. The van der Waals surface area contributed by atoms with E-state index < -0.39 is 0 Å². The number of benzene rings is 1. The molecule has 4 nitrogen and oxygen atoms in total. The van der Waals surface area contributed by atoms with Gasteiger partial charge in [-0.05, 0) is 31.0 Å². The first-order valence-electron chi connectivity index (χ1n) is 5.80. The molecule has 1 saturated heterocycles. The van der Waals surface area contributed by atoms with E-state index in [-0.39, 0.29) is 24.4 Å². The van der Waals surface area contributed by atoms with Crippen LogP contribution in [0.2, 0.25) is 0 Å². The fraction of sp³-hybridized carbons (Fsp3) is 0.462. The van der Waals surface area contributed by atoms with Crippen LogP contribution in [0.25, 0.3) is 0 Å². The quantitative estimate of drug-likeness (QED) is 0.835. The number of likely N-dealkylation sites (N-methyl/N-ethyl adjacent to an activating group) is 1. The summed E-state index contributed by atoms with van der Waals surface area (Å²) in [6.45, 7) is 3.29. The molecule has 1 heterocycles. The second-order valence-electron chi connectivity index (χ2n) is 4.51. The van der Waals surface area contributed by atoms with Gasteiger partial charge in [-0.1, -0.05) is 6.07 Å². The Morgan fingerprint density at radius 2 is 2.22 bits per heavy atom. The van der Waals surface area contributed by atoms with Gasteiger partial charge in [0.25, 0.3) is 5.91 Å². The lowest BCUT2D eigenvalue weighted by Gasteiger charge is -2.24. The predicted molar refractivity (Wildman–Crippen MR) is 74.2 cm³/mol. The maximum absolute atomic E-state index is 12.3. The van der Waals surface area contributed by atoms with Gasteiger partial charge in [-0.3, -0.25) is 4.79 Å². The highest BCUT2D eigenvalue weighted by molar-refractivity contribution is 5.96. The molecule has 0 radical (unpaired) electrons. The van der Waals surface area contributed by atoms with Crippen molar-refractivity contribution in [1.29, 1.82) is 0 Å². The molecule has 0 spiro atoms. The summed E-state index contributed by atoms with van der Waals surface area (Å²) in [5, 5.41) is 0. The number of halogens is 1. The summed E-state index contributed by atoms with van der Waals surface area (Å²) in [5.41, 5.74) is 7.98. The molecular formula is C13H19ClN2O2. The Kier molecular flexibility index (Phi) is 4.99. The van der Waals surface area contributed by atoms with Crippen molar-refractivity contribution >= 4 is 24.0 Å². The molecule has 0 aromatic heterocycles. The first-order chi connectivity index (χ1) is 8.09. The van der Waals surface area contributed by atoms with E-state index in [1.165, 1.54) is 0 Å². The second kappa shape index (κ2) is 6.07. The average Bonchev–Trinajstić information content (AvgIpc) is 2.84. The molecule has 100 valence electrons. The standard InChI is InChI=1S/C13H18N2O2.ClH/c1-9-3-4-10(14)7-12(9)13(16)15(2)11-5-6-17-8-11;/h3-4,7,11H,5-6,8,14H2,1-2H3;1H. The summed E-state index contributed by atoms with van der Waals surface area (Å²) in [7, 11) is 1.82. The van der Waals surface area contributed by atoms with Crippen molar-refractivity contribution in [2.24, 2.45) is 0 Å². The van der Waals surface area contributed by atoms with E-state index in [0.29, 0.717) is 17.9 Å². The number of carbonyl (C=O) groups excluding carboxylic acids is 1. The molecule has 1 unspecified atom stereocenters. The average molecular weight is 271 g/mol. The van der Waals surface area contributed by atoms with Crippen LogP contribution in [-0.2, 0) is 4.74 Å². The molecular weight excluding hydrogens is 252 g/mol. The highest BCUT2D eigenvalue weighted by Gasteiger charge is 2.25. The van der Waals surface area contributed by atoms with Crippen molar-refractivity contribution in [3.8, 4) is 0 Å². The smallest absolute Gasteiger partial charge is 0.254 e. The zero-order chi connectivity index (χ0) is 12.4. The molecule has 1 aliphatic heterocycles. The number of hydrogen-bond acceptors (Lipinski definition) is 3. The van der Waals surface area contributed by atoms with Gasteiger partial charge in [0.2, 0.25) is 0 Å². The van der Waals surface area contributed by atoms with E-state index in [0.717, 1.165) is 18.6 Å². The topological polar surface area (TPSA) is 55.6 Å². The van der Waals surface area contributed by atoms with E-state index in [9.17, 15) is 4.79 Å². The summed E-state index contributed by atoms with van der Waals surface area (Å²) in [6, 6.07) is 5.61. The minimum Gasteiger partial charge on any atom is -0.399 e. The van der Waals surface area contributed by atoms with Gasteiger partial charge in [0.1, 0.15) is 0 Å². The Balaban J connectivity index is 0.00000162. The molecule has 0 bridgehead atoms. The van der Waals surface area contributed by atoms with E-state index in [2.05, 4.69) is 0 Å². The molecule has 1 aromatic rings.